The van der Waals surface area contributed by atoms with Crippen LogP contribution in [0, 0.1) is 11.3 Å². The maximum absolute atomic E-state index is 9.91. The molecule has 0 fully saturated rings. The van der Waals surface area contributed by atoms with Crippen LogP contribution in [-0.4, -0.2) is 24.0 Å². The van der Waals surface area contributed by atoms with Gasteiger partial charge in [-0.05, 0) is 48.8 Å². The number of nitriles is 1. The molecule has 0 aliphatic carbocycles. The number of hydrogen-bond acceptors (Lipinski definition) is 4. The second-order valence-electron chi connectivity index (χ2n) is 7.99. The summed E-state index contributed by atoms with van der Waals surface area (Å²) in [6.07, 6.45) is 2.04. The number of nitrogens with two attached hydrogens (primary N) is 1. The van der Waals surface area contributed by atoms with E-state index in [2.05, 4.69) is 24.8 Å². The highest BCUT2D eigenvalue weighted by molar-refractivity contribution is 6.32. The highest BCUT2D eigenvalue weighted by Gasteiger charge is 2.39. The third kappa shape index (κ3) is 4.09. The first-order valence-corrected chi connectivity index (χ1v) is 10.9. The van der Waals surface area contributed by atoms with E-state index in [1.807, 2.05) is 54.6 Å². The van der Waals surface area contributed by atoms with E-state index >= 15 is 0 Å². The second kappa shape index (κ2) is 8.80. The van der Waals surface area contributed by atoms with Crippen molar-refractivity contribution in [2.24, 2.45) is 5.73 Å². The number of benzene rings is 2. The van der Waals surface area contributed by atoms with Crippen molar-refractivity contribution in [3.05, 3.63) is 98.1 Å². The molecule has 4 nitrogen and oxygen atoms in total. The molecule has 2 aliphatic heterocycles. The molecule has 0 spiro atoms. The van der Waals surface area contributed by atoms with Gasteiger partial charge in [0.2, 0.25) is 5.88 Å². The molecule has 0 unspecified atom stereocenters. The summed E-state index contributed by atoms with van der Waals surface area (Å²) in [5.41, 5.74) is 10.3. The monoisotopic (exact) mass is 451 g/mol. The molecular weight excluding hydrogens is 429 g/mol. The molecule has 0 amide bonds. The molecule has 2 aliphatic rings. The number of nitrogens with zero attached hydrogens (tertiary/aromatic N) is 2. The molecule has 0 saturated heterocycles. The van der Waals surface area contributed by atoms with Gasteiger partial charge in [-0.25, -0.2) is 0 Å². The van der Waals surface area contributed by atoms with Crippen LogP contribution in [0.15, 0.2) is 76.9 Å². The standard InChI is InChI=1S/C25H23Cl2N3O/c1-15(2)30-13-17(11-16-7-3-5-9-21(16)26)24-20(14-30)23(19(12-28)25(29)31-24)18-8-4-6-10-22(18)27/h3-11,15,23H,13-14,29H2,1-2H3/b17-11+/t23-/m0/s1. The van der Waals surface area contributed by atoms with Crippen LogP contribution in [0.2, 0.25) is 10.0 Å². The molecule has 0 saturated carbocycles. The molecular formula is C25H23Cl2N3O. The Kier molecular flexibility index (Phi) is 6.11. The van der Waals surface area contributed by atoms with E-state index in [4.69, 9.17) is 33.7 Å². The summed E-state index contributed by atoms with van der Waals surface area (Å²) in [5, 5.41) is 11.2. The van der Waals surface area contributed by atoms with Gasteiger partial charge in [0.15, 0.2) is 0 Å². The minimum absolute atomic E-state index is 0.120. The Hall–Kier alpha value is -2.71. The Labute approximate surface area is 192 Å². The van der Waals surface area contributed by atoms with Crippen molar-refractivity contribution in [2.75, 3.05) is 13.1 Å². The fraction of sp³-hybridized carbons (Fsp3) is 0.240. The zero-order valence-electron chi connectivity index (χ0n) is 17.4. The van der Waals surface area contributed by atoms with E-state index in [-0.39, 0.29) is 11.8 Å². The zero-order valence-corrected chi connectivity index (χ0v) is 18.9. The second-order valence-corrected chi connectivity index (χ2v) is 8.80. The number of hydrogen-bond donors (Lipinski definition) is 1. The van der Waals surface area contributed by atoms with Gasteiger partial charge in [0.25, 0.3) is 0 Å². The Morgan fingerprint density at radius 3 is 2.42 bits per heavy atom. The van der Waals surface area contributed by atoms with Gasteiger partial charge in [-0.15, -0.1) is 0 Å². The largest absolute Gasteiger partial charge is 0.440 e. The molecule has 2 aromatic carbocycles. The molecule has 158 valence electrons. The molecule has 4 rings (SSSR count). The maximum Gasteiger partial charge on any atom is 0.205 e. The number of allylic oxidation sites excluding steroid dienone is 1. The van der Waals surface area contributed by atoms with E-state index in [0.29, 0.717) is 40.5 Å². The molecule has 0 bridgehead atoms. The lowest BCUT2D eigenvalue weighted by Crippen LogP contribution is -2.41. The van der Waals surface area contributed by atoms with Crippen LogP contribution < -0.4 is 5.73 Å². The lowest BCUT2D eigenvalue weighted by molar-refractivity contribution is 0.208. The average molecular weight is 452 g/mol. The van der Waals surface area contributed by atoms with Gasteiger partial charge in [-0.3, -0.25) is 4.90 Å². The molecule has 1 atom stereocenters. The van der Waals surface area contributed by atoms with Gasteiger partial charge in [0, 0.05) is 34.7 Å². The first-order chi connectivity index (χ1) is 14.9. The number of ether oxygens (including phenoxy) is 1. The summed E-state index contributed by atoms with van der Waals surface area (Å²) >= 11 is 13.0. The van der Waals surface area contributed by atoms with Gasteiger partial charge < -0.3 is 10.5 Å². The lowest BCUT2D eigenvalue weighted by Gasteiger charge is -2.40. The molecule has 2 heterocycles. The third-order valence-corrected chi connectivity index (χ3v) is 6.44. The third-order valence-electron chi connectivity index (χ3n) is 5.75. The van der Waals surface area contributed by atoms with Crippen molar-refractivity contribution >= 4 is 29.3 Å². The Morgan fingerprint density at radius 1 is 1.10 bits per heavy atom. The summed E-state index contributed by atoms with van der Waals surface area (Å²) in [7, 11) is 0. The summed E-state index contributed by atoms with van der Waals surface area (Å²) in [5.74, 6) is 0.464. The van der Waals surface area contributed by atoms with Crippen molar-refractivity contribution in [1.29, 1.82) is 5.26 Å². The predicted molar refractivity (Wildman–Crippen MR) is 125 cm³/mol. The van der Waals surface area contributed by atoms with Gasteiger partial charge >= 0.3 is 0 Å². The Bertz CT molecular complexity index is 1160. The SMILES string of the molecule is CC(C)N1CC2=C(OC(N)=C(C#N)[C@@H]2c2ccccc2Cl)/C(=C/c2ccccc2Cl)C1. The van der Waals surface area contributed by atoms with Crippen molar-refractivity contribution in [1.82, 2.24) is 4.90 Å². The van der Waals surface area contributed by atoms with Crippen molar-refractivity contribution in [3.8, 4) is 6.07 Å². The van der Waals surface area contributed by atoms with Crippen LogP contribution in [0.3, 0.4) is 0 Å². The zero-order chi connectivity index (χ0) is 22.1. The topological polar surface area (TPSA) is 62.3 Å². The molecule has 2 aromatic rings. The van der Waals surface area contributed by atoms with Crippen molar-refractivity contribution in [2.45, 2.75) is 25.8 Å². The fourth-order valence-electron chi connectivity index (χ4n) is 4.11. The normalized spacial score (nSPS) is 20.6. The highest BCUT2D eigenvalue weighted by Crippen LogP contribution is 2.45. The predicted octanol–water partition coefficient (Wildman–Crippen LogP) is 5.86. The summed E-state index contributed by atoms with van der Waals surface area (Å²) in [4.78, 5) is 2.34. The van der Waals surface area contributed by atoms with Gasteiger partial charge in [-0.2, -0.15) is 5.26 Å². The summed E-state index contributed by atoms with van der Waals surface area (Å²) < 4.78 is 6.07. The number of rotatable bonds is 3. The van der Waals surface area contributed by atoms with Gasteiger partial charge in [0.05, 0.1) is 5.92 Å². The van der Waals surface area contributed by atoms with Crippen LogP contribution >= 0.6 is 23.2 Å². The Balaban J connectivity index is 1.93. The van der Waals surface area contributed by atoms with E-state index < -0.39 is 0 Å². The van der Waals surface area contributed by atoms with Crippen LogP contribution in [0.1, 0.15) is 30.9 Å². The van der Waals surface area contributed by atoms with E-state index in [1.165, 1.54) is 0 Å². The van der Waals surface area contributed by atoms with E-state index in [9.17, 15) is 5.26 Å². The van der Waals surface area contributed by atoms with E-state index in [0.717, 1.165) is 22.3 Å². The van der Waals surface area contributed by atoms with Crippen LogP contribution in [0.4, 0.5) is 0 Å². The average Bonchev–Trinajstić information content (AvgIpc) is 2.75. The van der Waals surface area contributed by atoms with Gasteiger partial charge in [0.1, 0.15) is 17.4 Å². The minimum Gasteiger partial charge on any atom is -0.440 e. The quantitative estimate of drug-likeness (QED) is 0.634. The first kappa shape index (κ1) is 21.5. The maximum atomic E-state index is 9.91. The van der Waals surface area contributed by atoms with E-state index in [1.54, 1.807) is 0 Å². The van der Waals surface area contributed by atoms with Crippen LogP contribution in [0.5, 0.6) is 0 Å². The first-order valence-electron chi connectivity index (χ1n) is 10.1. The fourth-order valence-corrected chi connectivity index (χ4v) is 4.54. The van der Waals surface area contributed by atoms with Crippen LogP contribution in [-0.2, 0) is 4.74 Å². The summed E-state index contributed by atoms with van der Waals surface area (Å²) in [6, 6.07) is 17.8. The number of halogens is 2. The molecule has 31 heavy (non-hydrogen) atoms. The molecule has 6 heteroatoms. The molecule has 0 aromatic heterocycles. The molecule has 0 radical (unpaired) electrons. The van der Waals surface area contributed by atoms with Gasteiger partial charge in [-0.1, -0.05) is 59.6 Å². The smallest absolute Gasteiger partial charge is 0.205 e. The van der Waals surface area contributed by atoms with Crippen molar-refractivity contribution < 1.29 is 4.74 Å². The minimum atomic E-state index is -0.362. The molecule has 2 N–H and O–H groups in total. The van der Waals surface area contributed by atoms with Crippen molar-refractivity contribution in [3.63, 3.8) is 0 Å². The summed E-state index contributed by atoms with van der Waals surface area (Å²) in [6.45, 7) is 5.65. The Morgan fingerprint density at radius 2 is 1.77 bits per heavy atom. The lowest BCUT2D eigenvalue weighted by atomic mass is 9.80. The highest BCUT2D eigenvalue weighted by atomic mass is 35.5. The van der Waals surface area contributed by atoms with Crippen LogP contribution in [0.25, 0.3) is 6.08 Å².